The fraction of sp³-hybridized carbons (Fsp3) is 0.421. The fourth-order valence-electron chi connectivity index (χ4n) is 2.80. The van der Waals surface area contributed by atoms with Gasteiger partial charge in [0, 0.05) is 46.3 Å². The molecule has 138 valence electrons. The van der Waals surface area contributed by atoms with Gasteiger partial charge in [-0.05, 0) is 19.1 Å². The van der Waals surface area contributed by atoms with Crippen molar-refractivity contribution in [1.82, 2.24) is 15.1 Å². The van der Waals surface area contributed by atoms with E-state index in [2.05, 4.69) is 15.1 Å². The maximum absolute atomic E-state index is 12.4. The van der Waals surface area contributed by atoms with Crippen molar-refractivity contribution in [2.75, 3.05) is 56.7 Å². The number of amides is 1. The second-order valence-corrected chi connectivity index (χ2v) is 6.64. The summed E-state index contributed by atoms with van der Waals surface area (Å²) in [7, 11) is 3.96. The van der Waals surface area contributed by atoms with Crippen LogP contribution in [0.5, 0.6) is 5.75 Å². The lowest BCUT2D eigenvalue weighted by molar-refractivity contribution is -0.133. The average Bonchev–Trinajstić information content (AvgIpc) is 2.67. The van der Waals surface area contributed by atoms with Crippen LogP contribution in [0.2, 0.25) is 0 Å². The molecule has 0 spiro atoms. The zero-order valence-corrected chi connectivity index (χ0v) is 15.6. The highest BCUT2D eigenvalue weighted by atomic mass is 16.5. The third-order valence-electron chi connectivity index (χ3n) is 4.48. The van der Waals surface area contributed by atoms with Gasteiger partial charge in [0.25, 0.3) is 5.91 Å². The van der Waals surface area contributed by atoms with Crippen LogP contribution in [-0.4, -0.2) is 67.9 Å². The van der Waals surface area contributed by atoms with Gasteiger partial charge in [0.1, 0.15) is 5.75 Å². The van der Waals surface area contributed by atoms with E-state index in [9.17, 15) is 4.79 Å². The van der Waals surface area contributed by atoms with Gasteiger partial charge >= 0.3 is 0 Å². The summed E-state index contributed by atoms with van der Waals surface area (Å²) < 4.78 is 5.60. The third kappa shape index (κ3) is 4.41. The molecule has 0 unspecified atom stereocenters. The molecule has 1 aliphatic rings. The number of carbonyl (C=O) groups is 1. The van der Waals surface area contributed by atoms with Crippen molar-refractivity contribution in [1.29, 1.82) is 0 Å². The SMILES string of the molecule is Cc1ccc(OCC(=O)N2CCN(c3cc(N(C)C)cnn3)CC2)cc1. The van der Waals surface area contributed by atoms with E-state index in [1.54, 1.807) is 6.20 Å². The number of rotatable bonds is 5. The molecule has 1 aromatic carbocycles. The van der Waals surface area contributed by atoms with E-state index < -0.39 is 0 Å². The van der Waals surface area contributed by atoms with Gasteiger partial charge in [-0.15, -0.1) is 5.10 Å². The number of benzene rings is 1. The smallest absolute Gasteiger partial charge is 0.260 e. The highest BCUT2D eigenvalue weighted by molar-refractivity contribution is 5.78. The Morgan fingerprint density at radius 1 is 1.15 bits per heavy atom. The van der Waals surface area contributed by atoms with Crippen molar-refractivity contribution in [3.05, 3.63) is 42.1 Å². The molecule has 1 aromatic heterocycles. The molecule has 2 aromatic rings. The summed E-state index contributed by atoms with van der Waals surface area (Å²) in [5.74, 6) is 1.58. The molecule has 0 bridgehead atoms. The van der Waals surface area contributed by atoms with Gasteiger partial charge in [0.05, 0.1) is 11.9 Å². The first-order chi connectivity index (χ1) is 12.5. The van der Waals surface area contributed by atoms with Gasteiger partial charge in [-0.1, -0.05) is 17.7 Å². The predicted molar refractivity (Wildman–Crippen MR) is 102 cm³/mol. The number of nitrogens with zero attached hydrogens (tertiary/aromatic N) is 5. The maximum atomic E-state index is 12.4. The molecule has 7 heteroatoms. The first kappa shape index (κ1) is 18.0. The Balaban J connectivity index is 1.50. The molecule has 1 fully saturated rings. The number of ether oxygens (including phenoxy) is 1. The maximum Gasteiger partial charge on any atom is 0.260 e. The van der Waals surface area contributed by atoms with E-state index in [0.717, 1.165) is 30.3 Å². The molecule has 1 amide bonds. The standard InChI is InChI=1S/C19H25N5O2/c1-15-4-6-17(7-5-15)26-14-19(25)24-10-8-23(9-11-24)18-12-16(22(2)3)13-20-21-18/h4-7,12-13H,8-11,14H2,1-3H3. The largest absolute Gasteiger partial charge is 0.484 e. The number of aryl methyl sites for hydroxylation is 1. The van der Waals surface area contributed by atoms with Crippen molar-refractivity contribution in [2.24, 2.45) is 0 Å². The Morgan fingerprint density at radius 3 is 2.50 bits per heavy atom. The van der Waals surface area contributed by atoms with E-state index in [1.165, 1.54) is 5.56 Å². The first-order valence-corrected chi connectivity index (χ1v) is 8.75. The number of anilines is 2. The average molecular weight is 355 g/mol. The van der Waals surface area contributed by atoms with Crippen molar-refractivity contribution >= 4 is 17.4 Å². The van der Waals surface area contributed by atoms with E-state index in [4.69, 9.17) is 4.74 Å². The summed E-state index contributed by atoms with van der Waals surface area (Å²) in [5.41, 5.74) is 2.18. The molecular formula is C19H25N5O2. The van der Waals surface area contributed by atoms with Crippen LogP contribution in [0.3, 0.4) is 0 Å². The fourth-order valence-corrected chi connectivity index (χ4v) is 2.80. The van der Waals surface area contributed by atoms with Crippen molar-refractivity contribution in [3.8, 4) is 5.75 Å². The van der Waals surface area contributed by atoms with Crippen LogP contribution in [0.1, 0.15) is 5.56 Å². The Bertz CT molecular complexity index is 740. The molecule has 3 rings (SSSR count). The number of carbonyl (C=O) groups excluding carboxylic acids is 1. The normalized spacial score (nSPS) is 14.3. The van der Waals surface area contributed by atoms with Crippen molar-refractivity contribution < 1.29 is 9.53 Å². The van der Waals surface area contributed by atoms with E-state index in [-0.39, 0.29) is 12.5 Å². The number of hydrogen-bond donors (Lipinski definition) is 0. The minimum Gasteiger partial charge on any atom is -0.484 e. The van der Waals surface area contributed by atoms with Crippen LogP contribution in [0, 0.1) is 6.92 Å². The van der Waals surface area contributed by atoms with E-state index in [0.29, 0.717) is 13.1 Å². The molecule has 1 aliphatic heterocycles. The second kappa shape index (κ2) is 8.03. The van der Waals surface area contributed by atoms with Crippen LogP contribution in [-0.2, 0) is 4.79 Å². The van der Waals surface area contributed by atoms with E-state index >= 15 is 0 Å². The summed E-state index contributed by atoms with van der Waals surface area (Å²) in [5, 5.41) is 8.29. The number of piperazine rings is 1. The number of hydrogen-bond acceptors (Lipinski definition) is 6. The first-order valence-electron chi connectivity index (χ1n) is 8.75. The lowest BCUT2D eigenvalue weighted by Gasteiger charge is -2.35. The number of aromatic nitrogens is 2. The highest BCUT2D eigenvalue weighted by Crippen LogP contribution is 2.18. The van der Waals surface area contributed by atoms with Crippen LogP contribution < -0.4 is 14.5 Å². The molecule has 26 heavy (non-hydrogen) atoms. The van der Waals surface area contributed by atoms with Gasteiger partial charge in [-0.3, -0.25) is 4.79 Å². The van der Waals surface area contributed by atoms with Crippen molar-refractivity contribution in [2.45, 2.75) is 6.92 Å². The molecule has 0 saturated carbocycles. The summed E-state index contributed by atoms with van der Waals surface area (Å²) in [6.07, 6.45) is 1.74. The Morgan fingerprint density at radius 2 is 1.85 bits per heavy atom. The van der Waals surface area contributed by atoms with Gasteiger partial charge in [-0.25, -0.2) is 0 Å². The van der Waals surface area contributed by atoms with Crippen LogP contribution in [0.4, 0.5) is 11.5 Å². The Labute approximate surface area is 154 Å². The highest BCUT2D eigenvalue weighted by Gasteiger charge is 2.22. The van der Waals surface area contributed by atoms with Gasteiger partial charge in [0.2, 0.25) is 0 Å². The molecule has 0 radical (unpaired) electrons. The summed E-state index contributed by atoms with van der Waals surface area (Å²) in [6.45, 7) is 4.88. The lowest BCUT2D eigenvalue weighted by Crippen LogP contribution is -2.50. The van der Waals surface area contributed by atoms with E-state index in [1.807, 2.05) is 61.2 Å². The zero-order valence-electron chi connectivity index (χ0n) is 15.6. The summed E-state index contributed by atoms with van der Waals surface area (Å²) >= 11 is 0. The van der Waals surface area contributed by atoms with Crippen molar-refractivity contribution in [3.63, 3.8) is 0 Å². The Hall–Kier alpha value is -2.83. The van der Waals surface area contributed by atoms with Gasteiger partial charge in [0.15, 0.2) is 12.4 Å². The molecule has 1 saturated heterocycles. The van der Waals surface area contributed by atoms with Gasteiger partial charge in [-0.2, -0.15) is 5.10 Å². The monoisotopic (exact) mass is 355 g/mol. The minimum absolute atomic E-state index is 0.0124. The summed E-state index contributed by atoms with van der Waals surface area (Å²) in [6, 6.07) is 9.74. The van der Waals surface area contributed by atoms with Gasteiger partial charge < -0.3 is 19.4 Å². The molecule has 0 aliphatic carbocycles. The predicted octanol–water partition coefficient (Wildman–Crippen LogP) is 1.58. The Kier molecular flexibility index (Phi) is 5.55. The molecule has 2 heterocycles. The zero-order chi connectivity index (χ0) is 18.5. The van der Waals surface area contributed by atoms with Crippen LogP contribution in [0.25, 0.3) is 0 Å². The van der Waals surface area contributed by atoms with Crippen LogP contribution >= 0.6 is 0 Å². The molecule has 7 nitrogen and oxygen atoms in total. The second-order valence-electron chi connectivity index (χ2n) is 6.64. The molecule has 0 N–H and O–H groups in total. The minimum atomic E-state index is 0.0124. The molecule has 0 atom stereocenters. The quantitative estimate of drug-likeness (QED) is 0.812. The third-order valence-corrected chi connectivity index (χ3v) is 4.48. The lowest BCUT2D eigenvalue weighted by atomic mass is 10.2. The summed E-state index contributed by atoms with van der Waals surface area (Å²) in [4.78, 5) is 18.4. The topological polar surface area (TPSA) is 61.8 Å². The molecular weight excluding hydrogens is 330 g/mol. The van der Waals surface area contributed by atoms with Crippen LogP contribution in [0.15, 0.2) is 36.5 Å².